The molecule has 0 aliphatic rings. The molecule has 1 unspecified atom stereocenters. The van der Waals surface area contributed by atoms with E-state index < -0.39 is 0 Å². The van der Waals surface area contributed by atoms with Gasteiger partial charge in [0.2, 0.25) is 0 Å². The van der Waals surface area contributed by atoms with Crippen molar-refractivity contribution in [2.75, 3.05) is 20.8 Å². The minimum absolute atomic E-state index is 0.0702. The summed E-state index contributed by atoms with van der Waals surface area (Å²) in [5.74, 6) is -0.163. The number of methoxy groups -OCH3 is 1. The van der Waals surface area contributed by atoms with E-state index in [1.54, 1.807) is 14.0 Å². The van der Waals surface area contributed by atoms with Crippen molar-refractivity contribution in [1.29, 1.82) is 0 Å². The van der Waals surface area contributed by atoms with Gasteiger partial charge in [0, 0.05) is 7.11 Å². The molecule has 0 bridgehead atoms. The topological polar surface area (TPSA) is 21.3 Å². The zero-order valence-corrected chi connectivity index (χ0v) is 12.8. The van der Waals surface area contributed by atoms with Crippen LogP contribution < -0.4 is 5.32 Å². The molecular formula is C18H22FNO. The Hall–Kier alpha value is -1.71. The molecule has 2 aromatic rings. The predicted molar refractivity (Wildman–Crippen MR) is 84.1 cm³/mol. The van der Waals surface area contributed by atoms with Crippen molar-refractivity contribution in [3.63, 3.8) is 0 Å². The first-order chi connectivity index (χ1) is 10.2. The maximum atomic E-state index is 13.4. The molecule has 0 aromatic heterocycles. The lowest BCUT2D eigenvalue weighted by Crippen LogP contribution is -2.18. The highest BCUT2D eigenvalue weighted by Gasteiger charge is 2.13. The van der Waals surface area contributed by atoms with Gasteiger partial charge >= 0.3 is 0 Å². The van der Waals surface area contributed by atoms with Crippen LogP contribution in [-0.4, -0.2) is 20.8 Å². The van der Waals surface area contributed by atoms with Gasteiger partial charge in [0.1, 0.15) is 5.82 Å². The number of hydrogen-bond donors (Lipinski definition) is 1. The molecule has 2 rings (SSSR count). The molecule has 0 aliphatic carbocycles. The molecule has 0 fully saturated rings. The molecule has 112 valence electrons. The summed E-state index contributed by atoms with van der Waals surface area (Å²) in [6, 6.07) is 13.8. The summed E-state index contributed by atoms with van der Waals surface area (Å²) in [6.45, 7) is 2.52. The van der Waals surface area contributed by atoms with Crippen LogP contribution in [0.25, 0.3) is 0 Å². The van der Waals surface area contributed by atoms with Crippen LogP contribution in [0.1, 0.15) is 28.3 Å². The normalized spacial score (nSPS) is 12.4. The van der Waals surface area contributed by atoms with E-state index in [1.807, 2.05) is 19.2 Å². The van der Waals surface area contributed by atoms with E-state index in [9.17, 15) is 4.39 Å². The van der Waals surface area contributed by atoms with Gasteiger partial charge in [-0.05, 0) is 48.7 Å². The minimum Gasteiger partial charge on any atom is -0.384 e. The first kappa shape index (κ1) is 15.7. The predicted octanol–water partition coefficient (Wildman–Crippen LogP) is 3.63. The molecule has 2 aromatic carbocycles. The summed E-state index contributed by atoms with van der Waals surface area (Å²) in [7, 11) is 3.63. The molecular weight excluding hydrogens is 265 g/mol. The quantitative estimate of drug-likeness (QED) is 0.876. The number of hydrogen-bond acceptors (Lipinski definition) is 2. The van der Waals surface area contributed by atoms with Crippen LogP contribution in [0.15, 0.2) is 42.5 Å². The lowest BCUT2D eigenvalue weighted by molar-refractivity contribution is 0.202. The van der Waals surface area contributed by atoms with Gasteiger partial charge in [0.05, 0.1) is 12.6 Å². The molecule has 0 saturated carbocycles. The molecule has 1 N–H and O–H groups in total. The van der Waals surface area contributed by atoms with Crippen molar-refractivity contribution in [3.05, 3.63) is 70.5 Å². The molecule has 0 aliphatic heterocycles. The Bertz CT molecular complexity index is 580. The van der Waals surface area contributed by atoms with Gasteiger partial charge in [0.15, 0.2) is 0 Å². The van der Waals surface area contributed by atoms with Crippen LogP contribution in [0.2, 0.25) is 0 Å². The molecule has 2 nitrogen and oxygen atoms in total. The number of halogens is 1. The number of rotatable bonds is 6. The number of aryl methyl sites for hydroxylation is 1. The largest absolute Gasteiger partial charge is 0.384 e. The second-order valence-corrected chi connectivity index (χ2v) is 5.21. The Labute approximate surface area is 126 Å². The van der Waals surface area contributed by atoms with Gasteiger partial charge in [-0.1, -0.05) is 36.4 Å². The molecule has 0 spiro atoms. The van der Waals surface area contributed by atoms with Gasteiger partial charge in [-0.15, -0.1) is 0 Å². The van der Waals surface area contributed by atoms with E-state index in [2.05, 4.69) is 29.6 Å². The first-order valence-corrected chi connectivity index (χ1v) is 7.16. The van der Waals surface area contributed by atoms with Crippen LogP contribution in [0.3, 0.4) is 0 Å². The van der Waals surface area contributed by atoms with Gasteiger partial charge in [-0.3, -0.25) is 0 Å². The molecule has 0 radical (unpaired) electrons. The second-order valence-electron chi connectivity index (χ2n) is 5.21. The molecule has 0 amide bonds. The van der Waals surface area contributed by atoms with Crippen LogP contribution in [0.4, 0.5) is 4.39 Å². The summed E-state index contributed by atoms with van der Waals surface area (Å²) < 4.78 is 18.5. The number of benzene rings is 2. The maximum absolute atomic E-state index is 13.4. The fourth-order valence-corrected chi connectivity index (χ4v) is 2.47. The lowest BCUT2D eigenvalue weighted by Gasteiger charge is -2.18. The van der Waals surface area contributed by atoms with Crippen molar-refractivity contribution in [3.8, 4) is 0 Å². The van der Waals surface area contributed by atoms with Crippen molar-refractivity contribution in [2.45, 2.75) is 19.4 Å². The molecule has 21 heavy (non-hydrogen) atoms. The van der Waals surface area contributed by atoms with E-state index in [1.165, 1.54) is 17.2 Å². The molecule has 3 heteroatoms. The summed E-state index contributed by atoms with van der Waals surface area (Å²) >= 11 is 0. The van der Waals surface area contributed by atoms with Crippen molar-refractivity contribution < 1.29 is 9.13 Å². The zero-order chi connectivity index (χ0) is 15.2. The second kappa shape index (κ2) is 7.34. The van der Waals surface area contributed by atoms with E-state index in [4.69, 9.17) is 4.74 Å². The van der Waals surface area contributed by atoms with Crippen molar-refractivity contribution >= 4 is 0 Å². The average Bonchev–Trinajstić information content (AvgIpc) is 2.50. The summed E-state index contributed by atoms with van der Waals surface area (Å²) in [5.41, 5.74) is 4.17. The Morgan fingerprint density at radius 1 is 1.10 bits per heavy atom. The summed E-state index contributed by atoms with van der Waals surface area (Å²) in [6.07, 6.45) is 0.913. The van der Waals surface area contributed by atoms with E-state index in [0.717, 1.165) is 18.6 Å². The smallest absolute Gasteiger partial charge is 0.126 e. The van der Waals surface area contributed by atoms with Crippen LogP contribution >= 0.6 is 0 Å². The maximum Gasteiger partial charge on any atom is 0.126 e. The van der Waals surface area contributed by atoms with Crippen LogP contribution in [0.5, 0.6) is 0 Å². The monoisotopic (exact) mass is 287 g/mol. The summed E-state index contributed by atoms with van der Waals surface area (Å²) in [5, 5.41) is 3.30. The third kappa shape index (κ3) is 3.90. The lowest BCUT2D eigenvalue weighted by atomic mass is 9.96. The van der Waals surface area contributed by atoms with Crippen LogP contribution in [0, 0.1) is 12.7 Å². The summed E-state index contributed by atoms with van der Waals surface area (Å²) in [4.78, 5) is 0. The van der Waals surface area contributed by atoms with Gasteiger partial charge in [0.25, 0.3) is 0 Å². The Morgan fingerprint density at radius 2 is 1.76 bits per heavy atom. The Morgan fingerprint density at radius 3 is 2.33 bits per heavy atom. The van der Waals surface area contributed by atoms with Crippen molar-refractivity contribution in [2.24, 2.45) is 0 Å². The first-order valence-electron chi connectivity index (χ1n) is 7.16. The molecule has 0 heterocycles. The van der Waals surface area contributed by atoms with Gasteiger partial charge < -0.3 is 10.1 Å². The van der Waals surface area contributed by atoms with Gasteiger partial charge in [-0.25, -0.2) is 4.39 Å². The molecule has 1 atom stereocenters. The Balaban J connectivity index is 2.22. The fraction of sp³-hybridized carbons (Fsp3) is 0.333. The standard InChI is InChI=1S/C18H22FNO/c1-13-12-16(8-9-17(13)19)18(20-2)15-6-4-14(5-7-15)10-11-21-3/h4-9,12,18,20H,10-11H2,1-3H3. The SMILES string of the molecule is CNC(c1ccc(CCOC)cc1)c1ccc(F)c(C)c1. The van der Waals surface area contributed by atoms with E-state index in [0.29, 0.717) is 5.56 Å². The fourth-order valence-electron chi connectivity index (χ4n) is 2.47. The van der Waals surface area contributed by atoms with Gasteiger partial charge in [-0.2, -0.15) is 0 Å². The number of nitrogens with one attached hydrogen (secondary N) is 1. The minimum atomic E-state index is -0.163. The molecule has 0 saturated heterocycles. The van der Waals surface area contributed by atoms with E-state index in [-0.39, 0.29) is 11.9 Å². The van der Waals surface area contributed by atoms with E-state index >= 15 is 0 Å². The zero-order valence-electron chi connectivity index (χ0n) is 12.8. The van der Waals surface area contributed by atoms with Crippen molar-refractivity contribution in [1.82, 2.24) is 5.32 Å². The highest BCUT2D eigenvalue weighted by molar-refractivity contribution is 5.35. The third-order valence-electron chi connectivity index (χ3n) is 3.71. The highest BCUT2D eigenvalue weighted by Crippen LogP contribution is 2.24. The van der Waals surface area contributed by atoms with Crippen LogP contribution in [-0.2, 0) is 11.2 Å². The highest BCUT2D eigenvalue weighted by atomic mass is 19.1. The Kier molecular flexibility index (Phi) is 5.48. The third-order valence-corrected chi connectivity index (χ3v) is 3.71. The average molecular weight is 287 g/mol. The number of ether oxygens (including phenoxy) is 1.